The van der Waals surface area contributed by atoms with Gasteiger partial charge in [-0.15, -0.1) is 0 Å². The number of benzene rings is 1. The molecular weight excluding hydrogens is 368 g/mol. The Morgan fingerprint density at radius 1 is 1.25 bits per heavy atom. The molecule has 4 heteroatoms. The molecule has 0 radical (unpaired) electrons. The molecule has 0 heterocycles. The Morgan fingerprint density at radius 2 is 1.92 bits per heavy atom. The standard InChI is InChI=1S/C20H31BrO3/c1-7-20(6,19(22)24-13-14(2)3)9-8-10-23-18-12-15(4)17(21)11-16(18)5/h11-12,14H,7-10,13H2,1-6H3. The van der Waals surface area contributed by atoms with Crippen LogP contribution in [0.3, 0.4) is 0 Å². The van der Waals surface area contributed by atoms with Crippen LogP contribution in [0, 0.1) is 25.2 Å². The molecule has 0 spiro atoms. The molecule has 0 fully saturated rings. The maximum Gasteiger partial charge on any atom is 0.311 e. The van der Waals surface area contributed by atoms with Gasteiger partial charge in [0.1, 0.15) is 5.75 Å². The van der Waals surface area contributed by atoms with Crippen LogP contribution in [-0.2, 0) is 9.53 Å². The van der Waals surface area contributed by atoms with Crippen LogP contribution in [0.5, 0.6) is 5.75 Å². The quantitative estimate of drug-likeness (QED) is 0.387. The van der Waals surface area contributed by atoms with Crippen molar-refractivity contribution in [3.63, 3.8) is 0 Å². The number of ether oxygens (including phenoxy) is 2. The lowest BCUT2D eigenvalue weighted by Crippen LogP contribution is -2.30. The van der Waals surface area contributed by atoms with E-state index in [9.17, 15) is 4.79 Å². The Labute approximate surface area is 155 Å². The van der Waals surface area contributed by atoms with E-state index in [4.69, 9.17) is 9.47 Å². The van der Waals surface area contributed by atoms with E-state index >= 15 is 0 Å². The Kier molecular flexibility index (Phi) is 8.28. The van der Waals surface area contributed by atoms with Gasteiger partial charge >= 0.3 is 5.97 Å². The number of hydrogen-bond acceptors (Lipinski definition) is 3. The second-order valence-corrected chi connectivity index (χ2v) is 8.08. The molecule has 0 N–H and O–H groups in total. The van der Waals surface area contributed by atoms with Crippen LogP contribution >= 0.6 is 15.9 Å². The molecule has 24 heavy (non-hydrogen) atoms. The molecule has 0 amide bonds. The molecule has 136 valence electrons. The molecule has 3 nitrogen and oxygen atoms in total. The number of carbonyl (C=O) groups is 1. The molecule has 0 aliphatic carbocycles. The molecule has 1 unspecified atom stereocenters. The molecule has 0 saturated carbocycles. The summed E-state index contributed by atoms with van der Waals surface area (Å²) in [6.07, 6.45) is 2.38. The van der Waals surface area contributed by atoms with Crippen molar-refractivity contribution in [1.29, 1.82) is 0 Å². The van der Waals surface area contributed by atoms with Crippen LogP contribution in [-0.4, -0.2) is 19.2 Å². The number of rotatable bonds is 9. The van der Waals surface area contributed by atoms with Gasteiger partial charge in [0, 0.05) is 4.47 Å². The highest BCUT2D eigenvalue weighted by molar-refractivity contribution is 9.10. The van der Waals surface area contributed by atoms with E-state index in [-0.39, 0.29) is 5.97 Å². The molecule has 1 aromatic rings. The fraction of sp³-hybridized carbons (Fsp3) is 0.650. The molecule has 0 aliphatic heterocycles. The molecule has 0 aromatic heterocycles. The normalized spacial score (nSPS) is 13.7. The Hall–Kier alpha value is -1.03. The Bertz CT molecular complexity index is 554. The van der Waals surface area contributed by atoms with Gasteiger partial charge in [0.2, 0.25) is 0 Å². The Balaban J connectivity index is 2.52. The lowest BCUT2D eigenvalue weighted by molar-refractivity contribution is -0.156. The van der Waals surface area contributed by atoms with Crippen molar-refractivity contribution in [2.45, 2.75) is 60.8 Å². The first-order valence-electron chi connectivity index (χ1n) is 8.76. The first-order chi connectivity index (χ1) is 11.2. The molecule has 1 atom stereocenters. The largest absolute Gasteiger partial charge is 0.493 e. The number of esters is 1. The van der Waals surface area contributed by atoms with Gasteiger partial charge in [-0.3, -0.25) is 4.79 Å². The highest BCUT2D eigenvalue weighted by atomic mass is 79.9. The van der Waals surface area contributed by atoms with Gasteiger partial charge in [-0.1, -0.05) is 36.7 Å². The first kappa shape index (κ1) is 21.0. The minimum atomic E-state index is -0.428. The van der Waals surface area contributed by atoms with Gasteiger partial charge in [-0.2, -0.15) is 0 Å². The van der Waals surface area contributed by atoms with Crippen LogP contribution in [0.15, 0.2) is 16.6 Å². The first-order valence-corrected chi connectivity index (χ1v) is 9.55. The predicted octanol–water partition coefficient (Wildman–Crippen LogP) is 5.84. The van der Waals surface area contributed by atoms with Crippen LogP contribution in [0.2, 0.25) is 0 Å². The minimum Gasteiger partial charge on any atom is -0.493 e. The molecule has 0 bridgehead atoms. The fourth-order valence-corrected chi connectivity index (χ4v) is 2.85. The van der Waals surface area contributed by atoms with Crippen molar-refractivity contribution in [2.24, 2.45) is 11.3 Å². The lowest BCUT2D eigenvalue weighted by atomic mass is 9.83. The summed E-state index contributed by atoms with van der Waals surface area (Å²) in [6.45, 7) is 13.3. The monoisotopic (exact) mass is 398 g/mol. The van der Waals surface area contributed by atoms with E-state index in [0.29, 0.717) is 19.1 Å². The highest BCUT2D eigenvalue weighted by Gasteiger charge is 2.32. The van der Waals surface area contributed by atoms with Crippen LogP contribution < -0.4 is 4.74 Å². The van der Waals surface area contributed by atoms with Crippen molar-refractivity contribution >= 4 is 21.9 Å². The summed E-state index contributed by atoms with van der Waals surface area (Å²) in [5.74, 6) is 1.19. The number of halogens is 1. The summed E-state index contributed by atoms with van der Waals surface area (Å²) in [5, 5.41) is 0. The summed E-state index contributed by atoms with van der Waals surface area (Å²) < 4.78 is 12.5. The van der Waals surface area contributed by atoms with Gasteiger partial charge in [0.15, 0.2) is 0 Å². The summed E-state index contributed by atoms with van der Waals surface area (Å²) in [7, 11) is 0. The van der Waals surface area contributed by atoms with Crippen LogP contribution in [0.4, 0.5) is 0 Å². The van der Waals surface area contributed by atoms with Gasteiger partial charge in [-0.05, 0) is 69.2 Å². The molecule has 1 aromatic carbocycles. The zero-order valence-electron chi connectivity index (χ0n) is 15.9. The zero-order valence-corrected chi connectivity index (χ0v) is 17.5. The minimum absolute atomic E-state index is 0.0885. The third-order valence-electron chi connectivity index (χ3n) is 4.41. The average Bonchev–Trinajstić information content (AvgIpc) is 2.53. The molecule has 1 rings (SSSR count). The van der Waals surface area contributed by atoms with Crippen LogP contribution in [0.25, 0.3) is 0 Å². The molecule has 0 aliphatic rings. The zero-order chi connectivity index (χ0) is 18.3. The number of hydrogen-bond donors (Lipinski definition) is 0. The average molecular weight is 399 g/mol. The van der Waals surface area contributed by atoms with E-state index < -0.39 is 5.41 Å². The van der Waals surface area contributed by atoms with E-state index in [0.717, 1.165) is 40.6 Å². The van der Waals surface area contributed by atoms with E-state index in [1.165, 1.54) is 0 Å². The van der Waals surface area contributed by atoms with Crippen molar-refractivity contribution in [3.8, 4) is 5.75 Å². The smallest absolute Gasteiger partial charge is 0.311 e. The van der Waals surface area contributed by atoms with Crippen molar-refractivity contribution in [2.75, 3.05) is 13.2 Å². The SMILES string of the molecule is CCC(C)(CCCOc1cc(C)c(Br)cc1C)C(=O)OCC(C)C. The third kappa shape index (κ3) is 6.12. The van der Waals surface area contributed by atoms with Crippen molar-refractivity contribution < 1.29 is 14.3 Å². The highest BCUT2D eigenvalue weighted by Crippen LogP contribution is 2.30. The summed E-state index contributed by atoms with van der Waals surface area (Å²) in [5.41, 5.74) is 1.84. The summed E-state index contributed by atoms with van der Waals surface area (Å²) in [4.78, 5) is 12.3. The summed E-state index contributed by atoms with van der Waals surface area (Å²) in [6, 6.07) is 4.12. The van der Waals surface area contributed by atoms with Gasteiger partial charge in [0.05, 0.1) is 18.6 Å². The fourth-order valence-electron chi connectivity index (χ4n) is 2.39. The maximum atomic E-state index is 12.3. The Morgan fingerprint density at radius 3 is 2.50 bits per heavy atom. The second kappa shape index (κ2) is 9.45. The topological polar surface area (TPSA) is 35.5 Å². The van der Waals surface area contributed by atoms with E-state index in [1.807, 2.05) is 34.6 Å². The second-order valence-electron chi connectivity index (χ2n) is 7.23. The van der Waals surface area contributed by atoms with Crippen molar-refractivity contribution in [1.82, 2.24) is 0 Å². The van der Waals surface area contributed by atoms with Gasteiger partial charge < -0.3 is 9.47 Å². The lowest BCUT2D eigenvalue weighted by Gasteiger charge is -2.26. The number of carbonyl (C=O) groups excluding carboxylic acids is 1. The molecule has 0 saturated heterocycles. The van der Waals surface area contributed by atoms with Gasteiger partial charge in [-0.25, -0.2) is 0 Å². The third-order valence-corrected chi connectivity index (χ3v) is 5.26. The predicted molar refractivity (Wildman–Crippen MR) is 103 cm³/mol. The van der Waals surface area contributed by atoms with Crippen molar-refractivity contribution in [3.05, 3.63) is 27.7 Å². The van der Waals surface area contributed by atoms with Crippen LogP contribution in [0.1, 0.15) is 58.1 Å². The summed E-state index contributed by atoms with van der Waals surface area (Å²) >= 11 is 3.53. The van der Waals surface area contributed by atoms with Gasteiger partial charge in [0.25, 0.3) is 0 Å². The maximum absolute atomic E-state index is 12.3. The van der Waals surface area contributed by atoms with E-state index in [1.54, 1.807) is 0 Å². The van der Waals surface area contributed by atoms with E-state index in [2.05, 4.69) is 35.0 Å². The number of aryl methyl sites for hydroxylation is 2. The molecular formula is C20H31BrO3.